The van der Waals surface area contributed by atoms with Gasteiger partial charge in [0, 0.05) is 23.3 Å². The summed E-state index contributed by atoms with van der Waals surface area (Å²) in [6.07, 6.45) is 0. The van der Waals surface area contributed by atoms with E-state index in [-0.39, 0.29) is 12.5 Å². The van der Waals surface area contributed by atoms with E-state index in [1.165, 1.54) is 0 Å². The molecule has 1 aliphatic heterocycles. The maximum atomic E-state index is 12.0. The van der Waals surface area contributed by atoms with E-state index in [1.54, 1.807) is 18.2 Å². The minimum absolute atomic E-state index is 0.131. The van der Waals surface area contributed by atoms with Crippen molar-refractivity contribution in [2.75, 3.05) is 25.1 Å². The lowest BCUT2D eigenvalue weighted by molar-refractivity contribution is -0.159. The highest BCUT2D eigenvalue weighted by atomic mass is 35.5. The number of carboxylic acids is 2. The molecule has 29 heavy (non-hydrogen) atoms. The average molecular weight is 423 g/mol. The van der Waals surface area contributed by atoms with Gasteiger partial charge in [-0.3, -0.25) is 4.79 Å². The second-order valence-corrected chi connectivity index (χ2v) is 6.12. The standard InChI is InChI=1S/C17H17ClN2O3.C2H2O4/c18-14-4-2-1-3-12(14)10-19-11-17(21)20-13-5-6-15-16(9-13)23-8-7-22-15;3-1(4)2(5)6/h1-6,9,19H,7-8,10-11H2,(H,20,21);(H,3,4)(H,5,6). The average Bonchev–Trinajstić information content (AvgIpc) is 2.70. The molecule has 0 unspecified atom stereocenters. The molecule has 1 aliphatic rings. The number of hydrogen-bond donors (Lipinski definition) is 4. The zero-order valence-electron chi connectivity index (χ0n) is 15.2. The zero-order valence-corrected chi connectivity index (χ0v) is 15.9. The van der Waals surface area contributed by atoms with Gasteiger partial charge in [0.05, 0.1) is 6.54 Å². The summed E-state index contributed by atoms with van der Waals surface area (Å²) in [6, 6.07) is 12.9. The number of halogens is 1. The molecule has 0 atom stereocenters. The Hall–Kier alpha value is -3.30. The Morgan fingerprint density at radius 1 is 0.966 bits per heavy atom. The van der Waals surface area contributed by atoms with Crippen LogP contribution in [0.2, 0.25) is 5.02 Å². The number of carbonyl (C=O) groups is 3. The molecule has 0 spiro atoms. The van der Waals surface area contributed by atoms with Crippen molar-refractivity contribution in [2.45, 2.75) is 6.54 Å². The molecule has 3 rings (SSSR count). The Labute approximate surface area is 171 Å². The van der Waals surface area contributed by atoms with Crippen LogP contribution in [0.5, 0.6) is 11.5 Å². The molecule has 154 valence electrons. The number of amides is 1. The van der Waals surface area contributed by atoms with Crippen molar-refractivity contribution in [1.29, 1.82) is 0 Å². The van der Waals surface area contributed by atoms with Crippen molar-refractivity contribution in [3.05, 3.63) is 53.1 Å². The summed E-state index contributed by atoms with van der Waals surface area (Å²) >= 11 is 6.07. The van der Waals surface area contributed by atoms with Gasteiger partial charge in [0.1, 0.15) is 13.2 Å². The zero-order chi connectivity index (χ0) is 21.2. The van der Waals surface area contributed by atoms with Crippen molar-refractivity contribution in [3.63, 3.8) is 0 Å². The number of ether oxygens (including phenoxy) is 2. The fourth-order valence-electron chi connectivity index (χ4n) is 2.28. The first-order valence-corrected chi connectivity index (χ1v) is 8.84. The van der Waals surface area contributed by atoms with Gasteiger partial charge in [0.15, 0.2) is 11.5 Å². The number of benzene rings is 2. The molecule has 0 bridgehead atoms. The summed E-state index contributed by atoms with van der Waals surface area (Å²) in [5, 5.41) is 21.4. The van der Waals surface area contributed by atoms with Gasteiger partial charge in [-0.05, 0) is 23.8 Å². The van der Waals surface area contributed by atoms with Gasteiger partial charge in [0.25, 0.3) is 0 Å². The Bertz CT molecular complexity index is 877. The predicted molar refractivity (Wildman–Crippen MR) is 104 cm³/mol. The van der Waals surface area contributed by atoms with Crippen molar-refractivity contribution in [1.82, 2.24) is 5.32 Å². The number of rotatable bonds is 5. The summed E-state index contributed by atoms with van der Waals surface area (Å²) in [7, 11) is 0. The van der Waals surface area contributed by atoms with Gasteiger partial charge < -0.3 is 30.3 Å². The van der Waals surface area contributed by atoms with Gasteiger partial charge in [0.2, 0.25) is 5.91 Å². The first-order chi connectivity index (χ1) is 13.9. The van der Waals surface area contributed by atoms with E-state index in [4.69, 9.17) is 40.9 Å². The monoisotopic (exact) mass is 422 g/mol. The molecule has 0 aromatic heterocycles. The number of fused-ring (bicyclic) bond motifs is 1. The second-order valence-electron chi connectivity index (χ2n) is 5.71. The Morgan fingerprint density at radius 2 is 1.62 bits per heavy atom. The number of nitrogens with one attached hydrogen (secondary N) is 2. The predicted octanol–water partition coefficient (Wildman–Crippen LogP) is 2.00. The molecule has 2 aromatic rings. The Morgan fingerprint density at radius 3 is 2.28 bits per heavy atom. The highest BCUT2D eigenvalue weighted by molar-refractivity contribution is 6.31. The first-order valence-electron chi connectivity index (χ1n) is 8.46. The van der Waals surface area contributed by atoms with Crippen LogP contribution in [0.1, 0.15) is 5.56 Å². The molecule has 0 aliphatic carbocycles. The summed E-state index contributed by atoms with van der Waals surface area (Å²) < 4.78 is 10.9. The van der Waals surface area contributed by atoms with E-state index in [1.807, 2.05) is 24.3 Å². The van der Waals surface area contributed by atoms with E-state index in [0.717, 1.165) is 5.56 Å². The van der Waals surface area contributed by atoms with Crippen LogP contribution in [-0.4, -0.2) is 47.8 Å². The lowest BCUT2D eigenvalue weighted by Gasteiger charge is -2.19. The van der Waals surface area contributed by atoms with Crippen molar-refractivity contribution >= 4 is 35.1 Å². The van der Waals surface area contributed by atoms with E-state index >= 15 is 0 Å². The molecule has 2 aromatic carbocycles. The molecule has 10 heteroatoms. The summed E-state index contributed by atoms with van der Waals surface area (Å²) in [4.78, 5) is 30.2. The summed E-state index contributed by atoms with van der Waals surface area (Å²) in [5.41, 5.74) is 1.64. The van der Waals surface area contributed by atoms with Crippen LogP contribution in [0.3, 0.4) is 0 Å². The number of carbonyl (C=O) groups excluding carboxylic acids is 1. The van der Waals surface area contributed by atoms with Crippen LogP contribution in [-0.2, 0) is 20.9 Å². The molecule has 1 heterocycles. The quantitative estimate of drug-likeness (QED) is 0.537. The minimum Gasteiger partial charge on any atom is -0.486 e. The molecule has 1 amide bonds. The van der Waals surface area contributed by atoms with Gasteiger partial charge in [-0.1, -0.05) is 29.8 Å². The third-order valence-electron chi connectivity index (χ3n) is 3.57. The largest absolute Gasteiger partial charge is 0.486 e. The SMILES string of the molecule is O=C(CNCc1ccccc1Cl)Nc1ccc2c(c1)OCCO2.O=C(O)C(=O)O. The number of carboxylic acid groups (broad SMARTS) is 2. The lowest BCUT2D eigenvalue weighted by atomic mass is 10.2. The molecular formula is C19H19ClN2O7. The summed E-state index contributed by atoms with van der Waals surface area (Å²) in [5.74, 6) is -2.43. The van der Waals surface area contributed by atoms with Gasteiger partial charge in [-0.25, -0.2) is 9.59 Å². The maximum Gasteiger partial charge on any atom is 0.414 e. The number of anilines is 1. The van der Waals surface area contributed by atoms with Crippen LogP contribution in [0.25, 0.3) is 0 Å². The van der Waals surface area contributed by atoms with E-state index in [9.17, 15) is 4.79 Å². The molecule has 0 radical (unpaired) electrons. The van der Waals surface area contributed by atoms with Crippen LogP contribution < -0.4 is 20.1 Å². The maximum absolute atomic E-state index is 12.0. The van der Waals surface area contributed by atoms with Crippen LogP contribution >= 0.6 is 11.6 Å². The fourth-order valence-corrected chi connectivity index (χ4v) is 2.48. The second kappa shape index (κ2) is 10.9. The van der Waals surface area contributed by atoms with Gasteiger partial charge in [-0.2, -0.15) is 0 Å². The minimum atomic E-state index is -1.82. The van der Waals surface area contributed by atoms with E-state index < -0.39 is 11.9 Å². The molecule has 0 saturated carbocycles. The van der Waals surface area contributed by atoms with Crippen molar-refractivity contribution in [3.8, 4) is 11.5 Å². The topological polar surface area (TPSA) is 134 Å². The van der Waals surface area contributed by atoms with Crippen LogP contribution in [0.4, 0.5) is 5.69 Å². The number of aliphatic carboxylic acids is 2. The Balaban J connectivity index is 0.000000438. The van der Waals surface area contributed by atoms with E-state index in [2.05, 4.69) is 10.6 Å². The van der Waals surface area contributed by atoms with Gasteiger partial charge >= 0.3 is 11.9 Å². The molecule has 0 fully saturated rings. The normalized spacial score (nSPS) is 11.6. The molecule has 9 nitrogen and oxygen atoms in total. The summed E-state index contributed by atoms with van der Waals surface area (Å²) in [6.45, 7) is 1.79. The van der Waals surface area contributed by atoms with E-state index in [0.29, 0.717) is 42.0 Å². The van der Waals surface area contributed by atoms with Crippen molar-refractivity contribution in [2.24, 2.45) is 0 Å². The Kier molecular flexibility index (Phi) is 8.26. The molecular weight excluding hydrogens is 404 g/mol. The first kappa shape index (κ1) is 22.0. The number of hydrogen-bond acceptors (Lipinski definition) is 6. The smallest absolute Gasteiger partial charge is 0.414 e. The van der Waals surface area contributed by atoms with Gasteiger partial charge in [-0.15, -0.1) is 0 Å². The molecule has 0 saturated heterocycles. The lowest BCUT2D eigenvalue weighted by Crippen LogP contribution is -2.27. The van der Waals surface area contributed by atoms with Crippen LogP contribution in [0, 0.1) is 0 Å². The highest BCUT2D eigenvalue weighted by Gasteiger charge is 2.12. The highest BCUT2D eigenvalue weighted by Crippen LogP contribution is 2.32. The van der Waals surface area contributed by atoms with Crippen LogP contribution in [0.15, 0.2) is 42.5 Å². The fraction of sp³-hybridized carbons (Fsp3) is 0.211. The molecule has 4 N–H and O–H groups in total. The van der Waals surface area contributed by atoms with Crippen molar-refractivity contribution < 1.29 is 34.1 Å². The third kappa shape index (κ3) is 7.32. The third-order valence-corrected chi connectivity index (χ3v) is 3.94.